The van der Waals surface area contributed by atoms with Crippen molar-refractivity contribution in [3.8, 4) is 5.88 Å². The molecule has 0 spiro atoms. The summed E-state index contributed by atoms with van der Waals surface area (Å²) in [6.45, 7) is 2.34. The van der Waals surface area contributed by atoms with Crippen molar-refractivity contribution >= 4 is 16.8 Å². The summed E-state index contributed by atoms with van der Waals surface area (Å²) in [5, 5.41) is 7.39. The van der Waals surface area contributed by atoms with Crippen LogP contribution in [0.3, 0.4) is 0 Å². The molecule has 0 radical (unpaired) electrons. The Kier molecular flexibility index (Phi) is 4.53. The maximum Gasteiger partial charge on any atom is 0.223 e. The summed E-state index contributed by atoms with van der Waals surface area (Å²) < 4.78 is 5.25. The average molecular weight is 299 g/mol. The van der Waals surface area contributed by atoms with Crippen molar-refractivity contribution in [2.24, 2.45) is 5.92 Å². The molecule has 1 aliphatic rings. The minimum absolute atomic E-state index is 0.122. The summed E-state index contributed by atoms with van der Waals surface area (Å²) in [6.07, 6.45) is 1.82. The van der Waals surface area contributed by atoms with E-state index in [9.17, 15) is 4.79 Å². The molecule has 0 bridgehead atoms. The van der Waals surface area contributed by atoms with E-state index >= 15 is 0 Å². The number of hydrogen-bond acceptors (Lipinski definition) is 4. The van der Waals surface area contributed by atoms with E-state index in [1.807, 2.05) is 30.3 Å². The molecular weight excluding hydrogens is 278 g/mol. The van der Waals surface area contributed by atoms with Crippen molar-refractivity contribution < 1.29 is 9.53 Å². The van der Waals surface area contributed by atoms with Crippen LogP contribution in [-0.4, -0.2) is 31.1 Å². The predicted molar refractivity (Wildman–Crippen MR) is 85.7 cm³/mol. The second kappa shape index (κ2) is 6.75. The first-order chi connectivity index (χ1) is 10.8. The van der Waals surface area contributed by atoms with Gasteiger partial charge >= 0.3 is 0 Å². The van der Waals surface area contributed by atoms with Crippen LogP contribution in [0.5, 0.6) is 5.88 Å². The number of fused-ring (bicyclic) bond motifs is 1. The van der Waals surface area contributed by atoms with Crippen LogP contribution >= 0.6 is 0 Å². The molecule has 2 heterocycles. The van der Waals surface area contributed by atoms with Gasteiger partial charge in [-0.05, 0) is 37.6 Å². The van der Waals surface area contributed by atoms with Crippen LogP contribution in [0, 0.1) is 5.92 Å². The van der Waals surface area contributed by atoms with Crippen LogP contribution in [0.25, 0.3) is 10.9 Å². The molecule has 22 heavy (non-hydrogen) atoms. The summed E-state index contributed by atoms with van der Waals surface area (Å²) in [5.41, 5.74) is 1.91. The fourth-order valence-electron chi connectivity index (χ4n) is 2.88. The number of ether oxygens (including phenoxy) is 1. The molecule has 1 amide bonds. The highest BCUT2D eigenvalue weighted by molar-refractivity contribution is 5.84. The molecule has 3 rings (SSSR count). The first-order valence-corrected chi connectivity index (χ1v) is 7.69. The molecule has 1 fully saturated rings. The van der Waals surface area contributed by atoms with E-state index in [0.29, 0.717) is 12.4 Å². The smallest absolute Gasteiger partial charge is 0.223 e. The first kappa shape index (κ1) is 14.8. The maximum atomic E-state index is 12.3. The topological polar surface area (TPSA) is 63.2 Å². The predicted octanol–water partition coefficient (Wildman–Crippen LogP) is 1.86. The lowest BCUT2D eigenvalue weighted by Crippen LogP contribution is -2.37. The van der Waals surface area contributed by atoms with E-state index < -0.39 is 0 Å². The summed E-state index contributed by atoms with van der Waals surface area (Å²) in [5.74, 6) is 0.836. The Hall–Kier alpha value is -2.14. The normalized spacial score (nSPS) is 15.7. The minimum Gasteiger partial charge on any atom is -0.481 e. The molecule has 1 aromatic heterocycles. The Bertz CT molecular complexity index is 666. The highest BCUT2D eigenvalue weighted by atomic mass is 16.5. The van der Waals surface area contributed by atoms with Gasteiger partial charge in [-0.3, -0.25) is 4.79 Å². The maximum absolute atomic E-state index is 12.3. The quantitative estimate of drug-likeness (QED) is 0.904. The molecule has 1 saturated heterocycles. The number of hydrogen-bond donors (Lipinski definition) is 2. The van der Waals surface area contributed by atoms with Gasteiger partial charge in [0.05, 0.1) is 12.6 Å². The van der Waals surface area contributed by atoms with Crippen LogP contribution in [0.2, 0.25) is 0 Å². The third-order valence-electron chi connectivity index (χ3n) is 4.15. The lowest BCUT2D eigenvalue weighted by molar-refractivity contribution is -0.125. The van der Waals surface area contributed by atoms with Crippen molar-refractivity contribution in [1.29, 1.82) is 0 Å². The van der Waals surface area contributed by atoms with Crippen molar-refractivity contribution in [1.82, 2.24) is 15.6 Å². The monoisotopic (exact) mass is 299 g/mol. The van der Waals surface area contributed by atoms with Crippen LogP contribution in [-0.2, 0) is 11.3 Å². The Morgan fingerprint density at radius 2 is 2.14 bits per heavy atom. The van der Waals surface area contributed by atoms with Gasteiger partial charge in [0, 0.05) is 23.9 Å². The number of piperidine rings is 1. The van der Waals surface area contributed by atoms with E-state index in [0.717, 1.165) is 42.4 Å². The van der Waals surface area contributed by atoms with Gasteiger partial charge in [-0.15, -0.1) is 0 Å². The molecule has 0 atom stereocenters. The molecule has 2 N–H and O–H groups in total. The number of methoxy groups -OCH3 is 1. The molecule has 5 heteroatoms. The van der Waals surface area contributed by atoms with E-state index in [-0.39, 0.29) is 11.8 Å². The van der Waals surface area contributed by atoms with Crippen LogP contribution < -0.4 is 15.4 Å². The van der Waals surface area contributed by atoms with Gasteiger partial charge in [0.2, 0.25) is 11.8 Å². The zero-order valence-electron chi connectivity index (χ0n) is 12.8. The number of pyridine rings is 1. The van der Waals surface area contributed by atoms with Gasteiger partial charge in [0.25, 0.3) is 0 Å². The number of carbonyl (C=O) groups is 1. The number of carbonyl (C=O) groups excluding carboxylic acids is 1. The number of amides is 1. The second-order valence-electron chi connectivity index (χ2n) is 5.58. The largest absolute Gasteiger partial charge is 0.481 e. The van der Waals surface area contributed by atoms with Crippen molar-refractivity contribution in [3.05, 3.63) is 35.9 Å². The SMILES string of the molecule is COc1cc(CNC(=O)C2CCNCC2)c2ccccc2n1. The molecular formula is C17H21N3O2. The fraction of sp³-hybridized carbons (Fsp3) is 0.412. The van der Waals surface area contributed by atoms with E-state index in [4.69, 9.17) is 4.74 Å². The summed E-state index contributed by atoms with van der Waals surface area (Å²) in [7, 11) is 1.61. The second-order valence-corrected chi connectivity index (χ2v) is 5.58. The van der Waals surface area contributed by atoms with Crippen LogP contribution in [0.15, 0.2) is 30.3 Å². The first-order valence-electron chi connectivity index (χ1n) is 7.69. The van der Waals surface area contributed by atoms with E-state index in [1.54, 1.807) is 7.11 Å². The zero-order chi connectivity index (χ0) is 15.4. The lowest BCUT2D eigenvalue weighted by Gasteiger charge is -2.22. The molecule has 116 valence electrons. The summed E-state index contributed by atoms with van der Waals surface area (Å²) in [6, 6.07) is 9.80. The highest BCUT2D eigenvalue weighted by Gasteiger charge is 2.20. The zero-order valence-corrected chi connectivity index (χ0v) is 12.8. The number of rotatable bonds is 4. The summed E-state index contributed by atoms with van der Waals surface area (Å²) >= 11 is 0. The molecule has 0 saturated carbocycles. The van der Waals surface area contributed by atoms with Crippen LogP contribution in [0.1, 0.15) is 18.4 Å². The third-order valence-corrected chi connectivity index (χ3v) is 4.15. The highest BCUT2D eigenvalue weighted by Crippen LogP contribution is 2.22. The minimum atomic E-state index is 0.122. The Morgan fingerprint density at radius 1 is 1.36 bits per heavy atom. The molecule has 1 aromatic carbocycles. The van der Waals surface area contributed by atoms with Crippen molar-refractivity contribution in [2.45, 2.75) is 19.4 Å². The Morgan fingerprint density at radius 3 is 2.91 bits per heavy atom. The van der Waals surface area contributed by atoms with E-state index in [1.165, 1.54) is 0 Å². The van der Waals surface area contributed by atoms with Gasteiger partial charge in [-0.25, -0.2) is 4.98 Å². The Balaban J connectivity index is 1.76. The van der Waals surface area contributed by atoms with Crippen molar-refractivity contribution in [2.75, 3.05) is 20.2 Å². The lowest BCUT2D eigenvalue weighted by atomic mass is 9.97. The number of para-hydroxylation sites is 1. The molecule has 1 aliphatic heterocycles. The molecule has 0 aliphatic carbocycles. The van der Waals surface area contributed by atoms with Gasteiger partial charge < -0.3 is 15.4 Å². The fourth-order valence-corrected chi connectivity index (χ4v) is 2.88. The standard InChI is InChI=1S/C17H21N3O2/c1-22-16-10-13(14-4-2-3-5-15(14)20-16)11-19-17(21)12-6-8-18-9-7-12/h2-5,10,12,18H,6-9,11H2,1H3,(H,19,21). The number of nitrogens with zero attached hydrogens (tertiary/aromatic N) is 1. The van der Waals surface area contributed by atoms with Gasteiger partial charge in [0.15, 0.2) is 0 Å². The van der Waals surface area contributed by atoms with Gasteiger partial charge in [0.1, 0.15) is 0 Å². The van der Waals surface area contributed by atoms with Crippen molar-refractivity contribution in [3.63, 3.8) is 0 Å². The number of aromatic nitrogens is 1. The number of benzene rings is 1. The average Bonchev–Trinajstić information content (AvgIpc) is 2.59. The van der Waals surface area contributed by atoms with Gasteiger partial charge in [-0.1, -0.05) is 18.2 Å². The summed E-state index contributed by atoms with van der Waals surface area (Å²) in [4.78, 5) is 16.7. The van der Waals surface area contributed by atoms with E-state index in [2.05, 4.69) is 15.6 Å². The Labute approximate surface area is 130 Å². The number of nitrogens with one attached hydrogen (secondary N) is 2. The molecule has 0 unspecified atom stereocenters. The third kappa shape index (κ3) is 3.20. The van der Waals surface area contributed by atoms with Gasteiger partial charge in [-0.2, -0.15) is 0 Å². The van der Waals surface area contributed by atoms with Crippen LogP contribution in [0.4, 0.5) is 0 Å². The molecule has 2 aromatic rings. The molecule has 5 nitrogen and oxygen atoms in total.